The van der Waals surface area contributed by atoms with Gasteiger partial charge in [-0.1, -0.05) is 48.5 Å². The number of nitrogens with one attached hydrogen (secondary N) is 1. The molecule has 1 saturated carbocycles. The van der Waals surface area contributed by atoms with Gasteiger partial charge in [0.1, 0.15) is 5.82 Å². The summed E-state index contributed by atoms with van der Waals surface area (Å²) in [6, 6.07) is 19.5. The van der Waals surface area contributed by atoms with Crippen molar-refractivity contribution in [1.29, 1.82) is 5.41 Å². The highest BCUT2D eigenvalue weighted by atomic mass is 19.1. The lowest BCUT2D eigenvalue weighted by Crippen LogP contribution is -2.43. The smallest absolute Gasteiger partial charge is 0.328 e. The maximum atomic E-state index is 15.1. The van der Waals surface area contributed by atoms with Crippen molar-refractivity contribution in [2.75, 3.05) is 4.90 Å². The fourth-order valence-electron chi connectivity index (χ4n) is 5.38. The number of fused-ring (bicyclic) bond motifs is 1. The molecule has 5 rings (SSSR count). The van der Waals surface area contributed by atoms with E-state index in [-0.39, 0.29) is 17.9 Å². The van der Waals surface area contributed by atoms with Crippen molar-refractivity contribution < 1.29 is 14.3 Å². The van der Waals surface area contributed by atoms with E-state index in [1.165, 1.54) is 12.4 Å². The summed E-state index contributed by atoms with van der Waals surface area (Å²) in [7, 11) is 0. The molecule has 6 heteroatoms. The van der Waals surface area contributed by atoms with Crippen molar-refractivity contribution in [2.45, 2.75) is 44.2 Å². The first kappa shape index (κ1) is 24.5. The summed E-state index contributed by atoms with van der Waals surface area (Å²) >= 11 is 0. The van der Waals surface area contributed by atoms with Crippen LogP contribution in [0.3, 0.4) is 0 Å². The van der Waals surface area contributed by atoms with Gasteiger partial charge >= 0.3 is 5.97 Å². The van der Waals surface area contributed by atoms with Crippen molar-refractivity contribution in [1.82, 2.24) is 0 Å². The molecule has 2 atom stereocenters. The summed E-state index contributed by atoms with van der Waals surface area (Å²) in [6.07, 6.45) is 8.25. The molecule has 0 amide bonds. The number of aliphatic carboxylic acids is 1. The van der Waals surface area contributed by atoms with Crippen LogP contribution in [0.1, 0.15) is 65.1 Å². The van der Waals surface area contributed by atoms with Crippen LogP contribution in [-0.2, 0) is 11.2 Å². The second-order valence-corrected chi connectivity index (χ2v) is 9.86. The molecule has 2 aliphatic rings. The molecule has 5 nitrogen and oxygen atoms in total. The van der Waals surface area contributed by atoms with Gasteiger partial charge in [0.05, 0.1) is 6.04 Å². The lowest BCUT2D eigenvalue weighted by atomic mass is 9.83. The van der Waals surface area contributed by atoms with Gasteiger partial charge in [-0.3, -0.25) is 0 Å². The van der Waals surface area contributed by atoms with E-state index < -0.39 is 5.97 Å². The predicted octanol–water partition coefficient (Wildman–Crippen LogP) is 6.29. The van der Waals surface area contributed by atoms with E-state index in [0.717, 1.165) is 64.4 Å². The molecule has 0 radical (unpaired) electrons. The van der Waals surface area contributed by atoms with Crippen LogP contribution >= 0.6 is 0 Å². The number of allylic oxidation sites excluding steroid dienone is 1. The molecule has 1 aliphatic carbocycles. The molecule has 1 heterocycles. The van der Waals surface area contributed by atoms with Crippen LogP contribution in [0.4, 0.5) is 10.1 Å². The lowest BCUT2D eigenvalue weighted by Gasteiger charge is -2.44. The molecule has 37 heavy (non-hydrogen) atoms. The SMILES string of the molecule is CC1Cc2cc(/C(C=N)=C/N)ccc2C(c2ccc(/C=C/C(=O)O)cc2)N1c1ccc(C2CC2)c(F)c1. The van der Waals surface area contributed by atoms with Gasteiger partial charge in [-0.2, -0.15) is 0 Å². The third-order valence-electron chi connectivity index (χ3n) is 7.34. The summed E-state index contributed by atoms with van der Waals surface area (Å²) in [5.74, 6) is -0.800. The standard InChI is InChI=1S/C31H30FN3O2/c1-19-14-24-15-23(25(17-33)18-34)9-11-28(24)31(22-5-2-20(3-6-22)4-13-30(36)37)35(19)26-10-12-27(21-7-8-21)29(32)16-26/h2-6,9-13,15-19,21,31,33H,7-8,14,34H2,1H3,(H,36,37)/b13-4+,25-18+,33-17?. The Kier molecular flexibility index (Phi) is 6.66. The van der Waals surface area contributed by atoms with Crippen molar-refractivity contribution in [3.05, 3.63) is 112 Å². The molecule has 0 aromatic heterocycles. The number of halogens is 1. The highest BCUT2D eigenvalue weighted by Gasteiger charge is 2.35. The summed E-state index contributed by atoms with van der Waals surface area (Å²) in [4.78, 5) is 13.2. The molecule has 1 fully saturated rings. The van der Waals surface area contributed by atoms with Crippen molar-refractivity contribution in [3.63, 3.8) is 0 Å². The van der Waals surface area contributed by atoms with Crippen molar-refractivity contribution in [2.24, 2.45) is 5.73 Å². The highest BCUT2D eigenvalue weighted by Crippen LogP contribution is 2.45. The van der Waals surface area contributed by atoms with E-state index in [9.17, 15) is 4.79 Å². The summed E-state index contributed by atoms with van der Waals surface area (Å²) < 4.78 is 15.1. The molecule has 0 bridgehead atoms. The second kappa shape index (κ2) is 10.1. The third kappa shape index (κ3) is 4.92. The monoisotopic (exact) mass is 495 g/mol. The molecule has 188 valence electrons. The van der Waals surface area contributed by atoms with E-state index in [1.807, 2.05) is 42.5 Å². The maximum Gasteiger partial charge on any atom is 0.328 e. The van der Waals surface area contributed by atoms with E-state index in [2.05, 4.69) is 24.0 Å². The number of benzene rings is 3. The first-order chi connectivity index (χ1) is 17.9. The van der Waals surface area contributed by atoms with Gasteiger partial charge in [0.25, 0.3) is 0 Å². The van der Waals surface area contributed by atoms with Gasteiger partial charge < -0.3 is 21.1 Å². The summed E-state index contributed by atoms with van der Waals surface area (Å²) in [6.45, 7) is 2.15. The minimum Gasteiger partial charge on any atom is -0.478 e. The van der Waals surface area contributed by atoms with E-state index in [4.69, 9.17) is 16.2 Å². The molecule has 0 saturated heterocycles. The number of hydrogen-bond donors (Lipinski definition) is 3. The third-order valence-corrected chi connectivity index (χ3v) is 7.34. The van der Waals surface area contributed by atoms with E-state index >= 15 is 4.39 Å². The average Bonchev–Trinajstić information content (AvgIpc) is 3.73. The number of rotatable bonds is 7. The molecular weight excluding hydrogens is 465 g/mol. The van der Waals surface area contributed by atoms with Gasteiger partial charge in [0.15, 0.2) is 0 Å². The Morgan fingerprint density at radius 3 is 2.43 bits per heavy atom. The lowest BCUT2D eigenvalue weighted by molar-refractivity contribution is -0.131. The number of hydrogen-bond acceptors (Lipinski definition) is 4. The minimum atomic E-state index is -0.992. The minimum absolute atomic E-state index is 0.0794. The number of carboxylic acids is 1. The van der Waals surface area contributed by atoms with Crippen LogP contribution < -0.4 is 10.6 Å². The maximum absolute atomic E-state index is 15.1. The molecule has 3 aromatic carbocycles. The normalized spacial score (nSPS) is 19.6. The number of carboxylic acid groups (broad SMARTS) is 1. The largest absolute Gasteiger partial charge is 0.478 e. The zero-order chi connectivity index (χ0) is 26.1. The Labute approximate surface area is 216 Å². The fourth-order valence-corrected chi connectivity index (χ4v) is 5.38. The molecule has 4 N–H and O–H groups in total. The quantitative estimate of drug-likeness (QED) is 0.265. The molecule has 2 unspecified atom stereocenters. The molecule has 0 spiro atoms. The zero-order valence-electron chi connectivity index (χ0n) is 20.7. The molecular formula is C31H30FN3O2. The highest BCUT2D eigenvalue weighted by molar-refractivity contribution is 6.08. The Bertz CT molecular complexity index is 1410. The number of carbonyl (C=O) groups is 1. The van der Waals surface area contributed by atoms with Gasteiger partial charge in [-0.15, -0.1) is 0 Å². The van der Waals surface area contributed by atoms with Gasteiger partial charge in [0.2, 0.25) is 0 Å². The Morgan fingerprint density at radius 1 is 1.08 bits per heavy atom. The van der Waals surface area contributed by atoms with Crippen LogP contribution in [0.25, 0.3) is 11.6 Å². The van der Waals surface area contributed by atoms with Crippen LogP contribution in [0.2, 0.25) is 0 Å². The second-order valence-electron chi connectivity index (χ2n) is 9.86. The summed E-state index contributed by atoms with van der Waals surface area (Å²) in [5, 5.41) is 16.6. The van der Waals surface area contributed by atoms with Crippen LogP contribution in [-0.4, -0.2) is 23.3 Å². The van der Waals surface area contributed by atoms with Crippen LogP contribution in [0, 0.1) is 11.2 Å². The molecule has 3 aromatic rings. The van der Waals surface area contributed by atoms with Gasteiger partial charge in [-0.05, 0) is 83.7 Å². The molecule has 1 aliphatic heterocycles. The predicted molar refractivity (Wildman–Crippen MR) is 146 cm³/mol. The van der Waals surface area contributed by atoms with Crippen LogP contribution in [0.15, 0.2) is 72.9 Å². The summed E-state index contributed by atoms with van der Waals surface area (Å²) in [5.41, 5.74) is 13.0. The van der Waals surface area contributed by atoms with Gasteiger partial charge in [0, 0.05) is 35.8 Å². The van der Waals surface area contributed by atoms with Crippen LogP contribution in [0.5, 0.6) is 0 Å². The topological polar surface area (TPSA) is 90.4 Å². The number of nitrogens with zero attached hydrogens (tertiary/aromatic N) is 1. The van der Waals surface area contributed by atoms with Crippen molar-refractivity contribution in [3.8, 4) is 0 Å². The van der Waals surface area contributed by atoms with E-state index in [0.29, 0.717) is 11.5 Å². The van der Waals surface area contributed by atoms with Gasteiger partial charge in [-0.25, -0.2) is 9.18 Å². The first-order valence-corrected chi connectivity index (χ1v) is 12.5. The Balaban J connectivity index is 1.61. The first-order valence-electron chi connectivity index (χ1n) is 12.5. The number of nitrogens with two attached hydrogens (primary N) is 1. The average molecular weight is 496 g/mol. The zero-order valence-corrected chi connectivity index (χ0v) is 20.7. The fraction of sp³-hybridized carbons (Fsp3) is 0.226. The number of anilines is 1. The Morgan fingerprint density at radius 2 is 1.81 bits per heavy atom. The Hall–Kier alpha value is -4.19. The van der Waals surface area contributed by atoms with Crippen molar-refractivity contribution >= 4 is 29.5 Å². The van der Waals surface area contributed by atoms with E-state index in [1.54, 1.807) is 12.1 Å².